The molecular formula is C8H9IN2. The molecule has 0 saturated heterocycles. The van der Waals surface area contributed by atoms with Crippen LogP contribution in [0.4, 0.5) is 0 Å². The quantitative estimate of drug-likeness (QED) is 0.720. The van der Waals surface area contributed by atoms with Gasteiger partial charge >= 0.3 is 0 Å². The molecule has 0 radical (unpaired) electrons. The zero-order chi connectivity index (χ0) is 7.84. The molecule has 2 nitrogen and oxygen atoms in total. The van der Waals surface area contributed by atoms with Gasteiger partial charge in [-0.05, 0) is 47.1 Å². The van der Waals surface area contributed by atoms with E-state index in [1.54, 1.807) is 0 Å². The van der Waals surface area contributed by atoms with Crippen molar-refractivity contribution in [3.05, 3.63) is 27.1 Å². The molecule has 3 heteroatoms. The molecule has 1 aromatic rings. The first-order chi connectivity index (χ1) is 5.27. The maximum Gasteiger partial charge on any atom is 0.0452 e. The zero-order valence-corrected chi connectivity index (χ0v) is 8.21. The van der Waals surface area contributed by atoms with Crippen molar-refractivity contribution in [2.45, 2.75) is 18.9 Å². The number of aromatic nitrogens is 1. The summed E-state index contributed by atoms with van der Waals surface area (Å²) >= 11 is 2.27. The molecule has 0 bridgehead atoms. The first kappa shape index (κ1) is 7.49. The molecule has 1 aliphatic rings. The predicted molar refractivity (Wildman–Crippen MR) is 52.2 cm³/mol. The fraction of sp³-hybridized carbons (Fsp3) is 0.375. The van der Waals surface area contributed by atoms with Gasteiger partial charge in [-0.1, -0.05) is 0 Å². The minimum atomic E-state index is 0.229. The van der Waals surface area contributed by atoms with Crippen LogP contribution in [0, 0.1) is 3.57 Å². The SMILES string of the molecule is NC1CCc2ncc(I)cc21. The number of pyridine rings is 1. The highest BCUT2D eigenvalue weighted by atomic mass is 127. The molecule has 1 aliphatic carbocycles. The topological polar surface area (TPSA) is 38.9 Å². The summed E-state index contributed by atoms with van der Waals surface area (Å²) in [6.45, 7) is 0. The largest absolute Gasteiger partial charge is 0.324 e. The Morgan fingerprint density at radius 3 is 3.27 bits per heavy atom. The van der Waals surface area contributed by atoms with E-state index in [2.05, 4.69) is 33.6 Å². The molecule has 0 aliphatic heterocycles. The summed E-state index contributed by atoms with van der Waals surface area (Å²) in [4.78, 5) is 4.32. The Bertz CT molecular complexity index is 285. The summed E-state index contributed by atoms with van der Waals surface area (Å²) in [6, 6.07) is 2.37. The number of fused-ring (bicyclic) bond motifs is 1. The molecule has 0 aromatic carbocycles. The van der Waals surface area contributed by atoms with E-state index in [1.807, 2.05) is 6.20 Å². The fourth-order valence-electron chi connectivity index (χ4n) is 1.46. The predicted octanol–water partition coefficient (Wildman–Crippen LogP) is 1.63. The maximum absolute atomic E-state index is 5.87. The van der Waals surface area contributed by atoms with Crippen LogP contribution in [0.3, 0.4) is 0 Å². The van der Waals surface area contributed by atoms with Crippen LogP contribution in [-0.2, 0) is 6.42 Å². The molecule has 11 heavy (non-hydrogen) atoms. The monoisotopic (exact) mass is 260 g/mol. The minimum absolute atomic E-state index is 0.229. The van der Waals surface area contributed by atoms with E-state index in [1.165, 1.54) is 14.8 Å². The van der Waals surface area contributed by atoms with Gasteiger partial charge in [-0.25, -0.2) is 0 Å². The summed E-state index contributed by atoms with van der Waals surface area (Å²) in [7, 11) is 0. The van der Waals surface area contributed by atoms with Crippen LogP contribution in [0.25, 0.3) is 0 Å². The molecule has 0 spiro atoms. The fourth-order valence-corrected chi connectivity index (χ4v) is 1.94. The van der Waals surface area contributed by atoms with Crippen LogP contribution >= 0.6 is 22.6 Å². The summed E-state index contributed by atoms with van der Waals surface area (Å²) in [5.41, 5.74) is 8.31. The van der Waals surface area contributed by atoms with Gasteiger partial charge < -0.3 is 5.73 Å². The smallest absolute Gasteiger partial charge is 0.0452 e. The van der Waals surface area contributed by atoms with Gasteiger partial charge in [0, 0.05) is 21.5 Å². The Labute approximate surface area is 79.3 Å². The van der Waals surface area contributed by atoms with Crippen LogP contribution in [-0.4, -0.2) is 4.98 Å². The number of nitrogens with two attached hydrogens (primary N) is 1. The van der Waals surface area contributed by atoms with Crippen molar-refractivity contribution in [3.8, 4) is 0 Å². The highest BCUT2D eigenvalue weighted by Crippen LogP contribution is 2.28. The van der Waals surface area contributed by atoms with Crippen molar-refractivity contribution in [1.82, 2.24) is 4.98 Å². The molecule has 2 N–H and O–H groups in total. The minimum Gasteiger partial charge on any atom is -0.324 e. The maximum atomic E-state index is 5.87. The molecule has 0 saturated carbocycles. The van der Waals surface area contributed by atoms with Crippen molar-refractivity contribution in [3.63, 3.8) is 0 Å². The summed E-state index contributed by atoms with van der Waals surface area (Å²) < 4.78 is 1.18. The average molecular weight is 260 g/mol. The third-order valence-electron chi connectivity index (χ3n) is 2.06. The Balaban J connectivity index is 2.52. The van der Waals surface area contributed by atoms with Gasteiger partial charge in [0.1, 0.15) is 0 Å². The lowest BCUT2D eigenvalue weighted by atomic mass is 10.2. The van der Waals surface area contributed by atoms with E-state index in [4.69, 9.17) is 5.73 Å². The van der Waals surface area contributed by atoms with E-state index in [-0.39, 0.29) is 6.04 Å². The summed E-state index contributed by atoms with van der Waals surface area (Å²) in [5, 5.41) is 0. The number of hydrogen-bond donors (Lipinski definition) is 1. The van der Waals surface area contributed by atoms with Crippen molar-refractivity contribution >= 4 is 22.6 Å². The van der Waals surface area contributed by atoms with Gasteiger partial charge in [0.15, 0.2) is 0 Å². The molecule has 0 fully saturated rings. The van der Waals surface area contributed by atoms with Gasteiger partial charge in [-0.3, -0.25) is 4.98 Å². The molecular weight excluding hydrogens is 251 g/mol. The number of nitrogens with zero attached hydrogens (tertiary/aromatic N) is 1. The van der Waals surface area contributed by atoms with E-state index >= 15 is 0 Å². The second-order valence-corrected chi connectivity index (χ2v) is 4.08. The van der Waals surface area contributed by atoms with Gasteiger partial charge in [-0.15, -0.1) is 0 Å². The molecule has 58 valence electrons. The van der Waals surface area contributed by atoms with Crippen LogP contribution in [0.2, 0.25) is 0 Å². The first-order valence-electron chi connectivity index (χ1n) is 3.67. The van der Waals surface area contributed by atoms with Gasteiger partial charge in [0.2, 0.25) is 0 Å². The highest BCUT2D eigenvalue weighted by molar-refractivity contribution is 14.1. The van der Waals surface area contributed by atoms with Crippen molar-refractivity contribution < 1.29 is 0 Å². The van der Waals surface area contributed by atoms with Crippen molar-refractivity contribution in [2.75, 3.05) is 0 Å². The van der Waals surface area contributed by atoms with Crippen LogP contribution in [0.5, 0.6) is 0 Å². The van der Waals surface area contributed by atoms with Crippen LogP contribution < -0.4 is 5.73 Å². The van der Waals surface area contributed by atoms with Crippen molar-refractivity contribution in [2.24, 2.45) is 5.73 Å². The third kappa shape index (κ3) is 1.27. The number of halogens is 1. The first-order valence-corrected chi connectivity index (χ1v) is 4.75. The molecule has 0 amide bonds. The molecule has 1 atom stereocenters. The number of rotatable bonds is 0. The van der Waals surface area contributed by atoms with Crippen molar-refractivity contribution in [1.29, 1.82) is 0 Å². The Hall–Kier alpha value is -0.160. The lowest BCUT2D eigenvalue weighted by molar-refractivity contribution is 0.712. The van der Waals surface area contributed by atoms with E-state index in [0.717, 1.165) is 12.8 Å². The molecule has 1 aromatic heterocycles. The Kier molecular flexibility index (Phi) is 1.85. The number of hydrogen-bond acceptors (Lipinski definition) is 2. The van der Waals surface area contributed by atoms with Gasteiger partial charge in [0.05, 0.1) is 0 Å². The Morgan fingerprint density at radius 2 is 2.45 bits per heavy atom. The second-order valence-electron chi connectivity index (χ2n) is 2.83. The lowest BCUT2D eigenvalue weighted by Crippen LogP contribution is -2.05. The van der Waals surface area contributed by atoms with Gasteiger partial charge in [0.25, 0.3) is 0 Å². The normalized spacial score (nSPS) is 21.8. The van der Waals surface area contributed by atoms with E-state index < -0.39 is 0 Å². The van der Waals surface area contributed by atoms with Crippen LogP contribution in [0.1, 0.15) is 23.7 Å². The molecule has 1 unspecified atom stereocenters. The molecule has 2 rings (SSSR count). The lowest BCUT2D eigenvalue weighted by Gasteiger charge is -2.02. The second kappa shape index (κ2) is 2.71. The summed E-state index contributed by atoms with van der Waals surface area (Å²) in [5.74, 6) is 0. The van der Waals surface area contributed by atoms with Crippen LogP contribution in [0.15, 0.2) is 12.3 Å². The zero-order valence-electron chi connectivity index (χ0n) is 6.05. The third-order valence-corrected chi connectivity index (χ3v) is 2.65. The highest BCUT2D eigenvalue weighted by Gasteiger charge is 2.19. The van der Waals surface area contributed by atoms with E-state index in [0.29, 0.717) is 0 Å². The van der Waals surface area contributed by atoms with Gasteiger partial charge in [-0.2, -0.15) is 0 Å². The summed E-state index contributed by atoms with van der Waals surface area (Å²) in [6.07, 6.45) is 4.01. The van der Waals surface area contributed by atoms with E-state index in [9.17, 15) is 0 Å². The Morgan fingerprint density at radius 1 is 1.64 bits per heavy atom. The number of aryl methyl sites for hydroxylation is 1. The average Bonchev–Trinajstić information content (AvgIpc) is 2.33. The standard InChI is InChI=1S/C8H9IN2/c9-5-3-6-7(10)1-2-8(6)11-4-5/h3-4,7H,1-2,10H2. The molecule has 1 heterocycles.